The maximum absolute atomic E-state index is 8.38. The second kappa shape index (κ2) is 6.36. The first kappa shape index (κ1) is 11.9. The number of unbranched alkanes of at least 4 members (excludes halogenated alkanes) is 2. The van der Waals surface area contributed by atoms with Gasteiger partial charge in [0.25, 0.3) is 0 Å². The maximum Gasteiger partial charge on any atom is 0.0621 e. The van der Waals surface area contributed by atoms with Crippen LogP contribution in [0.2, 0.25) is 0 Å². The Hall–Kier alpha value is -1.14. The van der Waals surface area contributed by atoms with Gasteiger partial charge in [0.15, 0.2) is 0 Å². The van der Waals surface area contributed by atoms with Gasteiger partial charge in [-0.05, 0) is 49.3 Å². The lowest BCUT2D eigenvalue weighted by molar-refractivity contribution is 0.830. The molecule has 15 heavy (non-hydrogen) atoms. The fraction of sp³-hybridized carbons (Fsp3) is 0.417. The Labute approximate surface area is 95.5 Å². The van der Waals surface area contributed by atoms with Crippen LogP contribution in [-0.2, 0) is 0 Å². The van der Waals surface area contributed by atoms with Crippen molar-refractivity contribution in [1.82, 2.24) is 0 Å². The summed E-state index contributed by atoms with van der Waals surface area (Å²) in [6, 6.07) is 8.28. The highest BCUT2D eigenvalue weighted by molar-refractivity contribution is 7.99. The molecule has 1 aromatic carbocycles. The van der Waals surface area contributed by atoms with Gasteiger partial charge in [-0.25, -0.2) is 0 Å². The minimum atomic E-state index is 0.668. The van der Waals surface area contributed by atoms with Gasteiger partial charge in [0, 0.05) is 17.0 Å². The van der Waals surface area contributed by atoms with E-state index >= 15 is 0 Å². The molecule has 0 spiro atoms. The molecule has 0 atom stereocenters. The summed E-state index contributed by atoms with van der Waals surface area (Å²) in [6.07, 6.45) is 2.76. The van der Waals surface area contributed by atoms with E-state index in [1.54, 1.807) is 0 Å². The van der Waals surface area contributed by atoms with Crippen LogP contribution < -0.4 is 5.73 Å². The first-order chi connectivity index (χ1) is 7.24. The van der Waals surface area contributed by atoms with Crippen molar-refractivity contribution in [3.05, 3.63) is 23.8 Å². The molecule has 0 saturated heterocycles. The monoisotopic (exact) mass is 220 g/mol. The number of aryl methyl sites for hydroxylation is 1. The number of nitriles is 1. The number of thioether (sulfide) groups is 1. The zero-order chi connectivity index (χ0) is 11.1. The van der Waals surface area contributed by atoms with Crippen molar-refractivity contribution in [2.45, 2.75) is 31.1 Å². The van der Waals surface area contributed by atoms with E-state index in [1.165, 1.54) is 4.90 Å². The van der Waals surface area contributed by atoms with Crippen LogP contribution in [-0.4, -0.2) is 5.75 Å². The van der Waals surface area contributed by atoms with Crippen molar-refractivity contribution < 1.29 is 0 Å². The predicted octanol–water partition coefficient (Wildman–Crippen LogP) is 3.36. The molecule has 0 aliphatic rings. The van der Waals surface area contributed by atoms with Crippen LogP contribution in [0.15, 0.2) is 23.1 Å². The van der Waals surface area contributed by atoms with Crippen LogP contribution in [0.4, 0.5) is 5.69 Å². The molecule has 0 unspecified atom stereocenters. The van der Waals surface area contributed by atoms with Gasteiger partial charge in [0.2, 0.25) is 0 Å². The second-order valence-corrected chi connectivity index (χ2v) is 4.65. The largest absolute Gasteiger partial charge is 0.399 e. The average molecular weight is 220 g/mol. The number of nitrogens with zero attached hydrogens (tertiary/aromatic N) is 1. The van der Waals surface area contributed by atoms with Crippen molar-refractivity contribution >= 4 is 17.4 Å². The molecule has 0 aliphatic heterocycles. The summed E-state index contributed by atoms with van der Waals surface area (Å²) in [5.74, 6) is 1.07. The van der Waals surface area contributed by atoms with Gasteiger partial charge in [-0.1, -0.05) is 0 Å². The van der Waals surface area contributed by atoms with Crippen LogP contribution in [0, 0.1) is 18.3 Å². The zero-order valence-corrected chi connectivity index (χ0v) is 9.81. The quantitative estimate of drug-likeness (QED) is 0.470. The Morgan fingerprint density at radius 2 is 2.20 bits per heavy atom. The molecule has 2 nitrogen and oxygen atoms in total. The normalized spacial score (nSPS) is 9.87. The molecule has 3 heteroatoms. The summed E-state index contributed by atoms with van der Waals surface area (Å²) >= 11 is 1.83. The number of hydrogen-bond donors (Lipinski definition) is 1. The number of hydrogen-bond acceptors (Lipinski definition) is 3. The van der Waals surface area contributed by atoms with Gasteiger partial charge in [0.05, 0.1) is 6.07 Å². The second-order valence-electron chi connectivity index (χ2n) is 3.48. The fourth-order valence-electron chi connectivity index (χ4n) is 1.23. The number of anilines is 1. The molecular formula is C12H16N2S. The summed E-state index contributed by atoms with van der Waals surface area (Å²) in [5.41, 5.74) is 7.72. The predicted molar refractivity (Wildman–Crippen MR) is 65.8 cm³/mol. The highest BCUT2D eigenvalue weighted by Gasteiger charge is 1.97. The van der Waals surface area contributed by atoms with Crippen molar-refractivity contribution in [3.8, 4) is 6.07 Å². The summed E-state index contributed by atoms with van der Waals surface area (Å²) < 4.78 is 0. The van der Waals surface area contributed by atoms with Gasteiger partial charge >= 0.3 is 0 Å². The van der Waals surface area contributed by atoms with E-state index in [0.717, 1.165) is 29.8 Å². The fourth-order valence-corrected chi connectivity index (χ4v) is 2.24. The van der Waals surface area contributed by atoms with E-state index in [2.05, 4.69) is 18.2 Å². The van der Waals surface area contributed by atoms with Crippen LogP contribution in [0.5, 0.6) is 0 Å². The third-order valence-electron chi connectivity index (χ3n) is 2.19. The lowest BCUT2D eigenvalue weighted by Gasteiger charge is -2.04. The number of benzene rings is 1. The lowest BCUT2D eigenvalue weighted by atomic mass is 10.2. The van der Waals surface area contributed by atoms with E-state index in [0.29, 0.717) is 6.42 Å². The van der Waals surface area contributed by atoms with Crippen molar-refractivity contribution in [1.29, 1.82) is 5.26 Å². The third kappa shape index (κ3) is 4.26. The Balaban J connectivity index is 2.32. The molecule has 0 radical (unpaired) electrons. The highest BCUT2D eigenvalue weighted by Crippen LogP contribution is 2.23. The number of nitrogen functional groups attached to an aromatic ring is 1. The Morgan fingerprint density at radius 3 is 2.87 bits per heavy atom. The maximum atomic E-state index is 8.38. The van der Waals surface area contributed by atoms with E-state index in [-0.39, 0.29) is 0 Å². The van der Waals surface area contributed by atoms with E-state index in [9.17, 15) is 0 Å². The van der Waals surface area contributed by atoms with Crippen LogP contribution in [0.3, 0.4) is 0 Å². The molecular weight excluding hydrogens is 204 g/mol. The minimum Gasteiger partial charge on any atom is -0.399 e. The molecule has 2 N–H and O–H groups in total. The molecule has 0 aliphatic carbocycles. The Bertz CT molecular complexity index is 355. The Kier molecular flexibility index (Phi) is 5.06. The van der Waals surface area contributed by atoms with Crippen molar-refractivity contribution in [3.63, 3.8) is 0 Å². The molecule has 80 valence electrons. The van der Waals surface area contributed by atoms with E-state index in [1.807, 2.05) is 24.8 Å². The SMILES string of the molecule is Cc1cc(SCCCCC#N)ccc1N. The van der Waals surface area contributed by atoms with Crippen molar-refractivity contribution in [2.24, 2.45) is 0 Å². The van der Waals surface area contributed by atoms with Crippen LogP contribution in [0.1, 0.15) is 24.8 Å². The number of nitrogens with two attached hydrogens (primary N) is 1. The smallest absolute Gasteiger partial charge is 0.0621 e. The van der Waals surface area contributed by atoms with Gasteiger partial charge in [-0.2, -0.15) is 5.26 Å². The molecule has 0 amide bonds. The lowest BCUT2D eigenvalue weighted by Crippen LogP contribution is -1.89. The molecule has 0 aromatic heterocycles. The third-order valence-corrected chi connectivity index (χ3v) is 3.27. The number of rotatable bonds is 5. The summed E-state index contributed by atoms with van der Waals surface area (Å²) in [4.78, 5) is 1.26. The van der Waals surface area contributed by atoms with E-state index < -0.39 is 0 Å². The van der Waals surface area contributed by atoms with Crippen LogP contribution >= 0.6 is 11.8 Å². The average Bonchev–Trinajstić information content (AvgIpc) is 2.23. The first-order valence-electron chi connectivity index (χ1n) is 5.10. The molecule has 0 saturated carbocycles. The standard InChI is InChI=1S/C12H16N2S/c1-10-9-11(5-6-12(10)14)15-8-4-2-3-7-13/h5-6,9H,2-4,8,14H2,1H3. The van der Waals surface area contributed by atoms with Crippen molar-refractivity contribution in [2.75, 3.05) is 11.5 Å². The van der Waals surface area contributed by atoms with Gasteiger partial charge < -0.3 is 5.73 Å². The first-order valence-corrected chi connectivity index (χ1v) is 6.08. The van der Waals surface area contributed by atoms with Crippen LogP contribution in [0.25, 0.3) is 0 Å². The van der Waals surface area contributed by atoms with Gasteiger partial charge in [-0.15, -0.1) is 11.8 Å². The highest BCUT2D eigenvalue weighted by atomic mass is 32.2. The molecule has 1 rings (SSSR count). The van der Waals surface area contributed by atoms with E-state index in [4.69, 9.17) is 11.0 Å². The topological polar surface area (TPSA) is 49.8 Å². The Morgan fingerprint density at radius 1 is 1.40 bits per heavy atom. The summed E-state index contributed by atoms with van der Waals surface area (Å²) in [7, 11) is 0. The zero-order valence-electron chi connectivity index (χ0n) is 8.99. The molecule has 1 aromatic rings. The van der Waals surface area contributed by atoms with Gasteiger partial charge in [0.1, 0.15) is 0 Å². The summed E-state index contributed by atoms with van der Waals surface area (Å²) in [6.45, 7) is 2.02. The molecule has 0 bridgehead atoms. The molecule has 0 heterocycles. The minimum absolute atomic E-state index is 0.668. The molecule has 0 fully saturated rings. The van der Waals surface area contributed by atoms with Gasteiger partial charge in [-0.3, -0.25) is 0 Å². The summed E-state index contributed by atoms with van der Waals surface area (Å²) in [5, 5.41) is 8.38.